The Morgan fingerprint density at radius 2 is 2.00 bits per heavy atom. The predicted molar refractivity (Wildman–Crippen MR) is 39.3 cm³/mol. The Bertz CT molecular complexity index is 187. The molecule has 0 saturated heterocycles. The normalized spacial score (nSPS) is 11.9. The van der Waals surface area contributed by atoms with E-state index in [-0.39, 0.29) is 12.4 Å². The third-order valence-corrected chi connectivity index (χ3v) is 1.49. The molecule has 0 saturated carbocycles. The maximum absolute atomic E-state index is 12.3. The first kappa shape index (κ1) is 12.5. The van der Waals surface area contributed by atoms with Crippen LogP contribution in [0.3, 0.4) is 0 Å². The fourth-order valence-corrected chi connectivity index (χ4v) is 0.830. The molecule has 0 aliphatic carbocycles. The molecule has 0 fully saturated rings. The molecular weight excluding hydrogens is 214 g/mol. The van der Waals surface area contributed by atoms with Crippen LogP contribution in [0, 0.1) is 0 Å². The third kappa shape index (κ3) is 3.02. The zero-order valence-electron chi connectivity index (χ0n) is 6.74. The van der Waals surface area contributed by atoms with Gasteiger partial charge in [-0.25, -0.2) is 8.78 Å². The summed E-state index contributed by atoms with van der Waals surface area (Å²) in [6.07, 6.45) is -3.99. The van der Waals surface area contributed by atoms with E-state index < -0.39 is 18.3 Å². The summed E-state index contributed by atoms with van der Waals surface area (Å²) >= 11 is 5.14. The number of halogens is 5. The summed E-state index contributed by atoms with van der Waals surface area (Å²) in [5.41, 5.74) is 0. The lowest BCUT2D eigenvalue weighted by molar-refractivity contribution is -0.179. The highest BCUT2D eigenvalue weighted by atomic mass is 35.5. The van der Waals surface area contributed by atoms with E-state index in [0.29, 0.717) is 4.90 Å². The van der Waals surface area contributed by atoms with Gasteiger partial charge in [-0.1, -0.05) is 0 Å². The summed E-state index contributed by atoms with van der Waals surface area (Å²) < 4.78 is 47.9. The van der Waals surface area contributed by atoms with Gasteiger partial charge in [0.25, 0.3) is 5.91 Å². The van der Waals surface area contributed by atoms with Crippen molar-refractivity contribution < 1.29 is 22.4 Å². The maximum Gasteiger partial charge on any atom is 0.383 e. The van der Waals surface area contributed by atoms with Crippen molar-refractivity contribution in [3.05, 3.63) is 0 Å². The Kier molecular flexibility index (Phi) is 4.46. The zero-order chi connectivity index (χ0) is 10.6. The lowest BCUT2D eigenvalue weighted by Gasteiger charge is -2.21. The van der Waals surface area contributed by atoms with E-state index in [1.54, 1.807) is 0 Å². The average molecular weight is 222 g/mol. The minimum absolute atomic E-state index is 0.0818. The zero-order valence-corrected chi connectivity index (χ0v) is 7.49. The summed E-state index contributed by atoms with van der Waals surface area (Å²) in [6, 6.07) is 0. The third-order valence-electron chi connectivity index (χ3n) is 1.33. The van der Waals surface area contributed by atoms with Gasteiger partial charge < -0.3 is 4.90 Å². The lowest BCUT2D eigenvalue weighted by Crippen LogP contribution is -2.46. The number of rotatable bonds is 4. The molecule has 0 atom stereocenters. The van der Waals surface area contributed by atoms with E-state index in [4.69, 9.17) is 11.6 Å². The molecule has 0 N–H and O–H groups in total. The minimum atomic E-state index is -4.62. The van der Waals surface area contributed by atoms with Crippen molar-refractivity contribution in [2.24, 2.45) is 0 Å². The monoisotopic (exact) mass is 221 g/mol. The minimum Gasteiger partial charge on any atom is -0.339 e. The standard InChI is InChI=1S/C6H8ClF4NO/c1-12(3-2-7)5(13)6(10,11)4(8)9/h4H,2-3H2,1H3. The van der Waals surface area contributed by atoms with Crippen molar-refractivity contribution >= 4 is 17.5 Å². The van der Waals surface area contributed by atoms with Gasteiger partial charge in [0, 0.05) is 19.5 Å². The van der Waals surface area contributed by atoms with Crippen LogP contribution >= 0.6 is 11.6 Å². The first-order valence-corrected chi connectivity index (χ1v) is 3.85. The number of hydrogen-bond donors (Lipinski definition) is 0. The molecular formula is C6H8ClF4NO. The number of amides is 1. The molecule has 0 radical (unpaired) electrons. The van der Waals surface area contributed by atoms with E-state index in [2.05, 4.69) is 0 Å². The van der Waals surface area contributed by atoms with Crippen molar-refractivity contribution in [2.75, 3.05) is 19.5 Å². The van der Waals surface area contributed by atoms with Crippen LogP contribution in [-0.2, 0) is 4.79 Å². The molecule has 0 heterocycles. The second-order valence-corrected chi connectivity index (χ2v) is 2.72. The van der Waals surface area contributed by atoms with Crippen molar-refractivity contribution in [1.29, 1.82) is 0 Å². The van der Waals surface area contributed by atoms with Crippen LogP contribution in [-0.4, -0.2) is 42.6 Å². The predicted octanol–water partition coefficient (Wildman–Crippen LogP) is 1.58. The van der Waals surface area contributed by atoms with E-state index in [1.165, 1.54) is 0 Å². The van der Waals surface area contributed by atoms with E-state index in [0.717, 1.165) is 7.05 Å². The summed E-state index contributed by atoms with van der Waals surface area (Å²) in [7, 11) is 0.987. The van der Waals surface area contributed by atoms with Crippen molar-refractivity contribution in [1.82, 2.24) is 4.90 Å². The smallest absolute Gasteiger partial charge is 0.339 e. The van der Waals surface area contributed by atoms with Crippen molar-refractivity contribution in [2.45, 2.75) is 12.3 Å². The molecule has 0 aliphatic rings. The van der Waals surface area contributed by atoms with Gasteiger partial charge in [0.05, 0.1) is 0 Å². The molecule has 0 rings (SSSR count). The molecule has 0 aromatic rings. The highest BCUT2D eigenvalue weighted by molar-refractivity contribution is 6.18. The highest BCUT2D eigenvalue weighted by Crippen LogP contribution is 2.24. The largest absolute Gasteiger partial charge is 0.383 e. The summed E-state index contributed by atoms with van der Waals surface area (Å²) in [4.78, 5) is 11.1. The van der Waals surface area contributed by atoms with Gasteiger partial charge >= 0.3 is 12.3 Å². The van der Waals surface area contributed by atoms with Crippen LogP contribution in [0.15, 0.2) is 0 Å². The number of hydrogen-bond acceptors (Lipinski definition) is 1. The first-order valence-electron chi connectivity index (χ1n) is 3.31. The Labute approximate surface area is 77.5 Å². The van der Waals surface area contributed by atoms with Crippen LogP contribution in [0.5, 0.6) is 0 Å². The number of carbonyl (C=O) groups excluding carboxylic acids is 1. The SMILES string of the molecule is CN(CCCl)C(=O)C(F)(F)C(F)F. The van der Waals surface area contributed by atoms with Gasteiger partial charge in [-0.2, -0.15) is 8.78 Å². The van der Waals surface area contributed by atoms with Crippen molar-refractivity contribution in [3.8, 4) is 0 Å². The topological polar surface area (TPSA) is 20.3 Å². The molecule has 0 aromatic carbocycles. The van der Waals surface area contributed by atoms with Crippen LogP contribution in [0.1, 0.15) is 0 Å². The molecule has 2 nitrogen and oxygen atoms in total. The highest BCUT2D eigenvalue weighted by Gasteiger charge is 2.50. The summed E-state index contributed by atoms with van der Waals surface area (Å²) in [6.45, 7) is -0.192. The average Bonchev–Trinajstić information content (AvgIpc) is 2.03. The molecule has 1 amide bonds. The Balaban J connectivity index is 4.40. The summed E-state index contributed by atoms with van der Waals surface area (Å²) in [5.74, 6) is -6.62. The number of carbonyl (C=O) groups is 1. The molecule has 0 unspecified atom stereocenters. The van der Waals surface area contributed by atoms with Gasteiger partial charge in [-0.05, 0) is 0 Å². The van der Waals surface area contributed by atoms with Gasteiger partial charge in [0.2, 0.25) is 0 Å². The first-order chi connectivity index (χ1) is 5.84. The van der Waals surface area contributed by atoms with E-state index >= 15 is 0 Å². The van der Waals surface area contributed by atoms with Gasteiger partial charge in [-0.3, -0.25) is 4.79 Å². The molecule has 13 heavy (non-hydrogen) atoms. The molecule has 0 aromatic heterocycles. The number of alkyl halides is 5. The molecule has 0 bridgehead atoms. The van der Waals surface area contributed by atoms with Gasteiger partial charge in [-0.15, -0.1) is 11.6 Å². The van der Waals surface area contributed by atoms with E-state index in [9.17, 15) is 22.4 Å². The van der Waals surface area contributed by atoms with Crippen LogP contribution in [0.25, 0.3) is 0 Å². The second kappa shape index (κ2) is 4.64. The van der Waals surface area contributed by atoms with Gasteiger partial charge in [0.15, 0.2) is 0 Å². The van der Waals surface area contributed by atoms with Crippen LogP contribution < -0.4 is 0 Å². The Hall–Kier alpha value is -0.520. The second-order valence-electron chi connectivity index (χ2n) is 2.34. The molecule has 0 spiro atoms. The van der Waals surface area contributed by atoms with Crippen molar-refractivity contribution in [3.63, 3.8) is 0 Å². The molecule has 0 aliphatic heterocycles. The van der Waals surface area contributed by atoms with Crippen LogP contribution in [0.2, 0.25) is 0 Å². The maximum atomic E-state index is 12.3. The summed E-state index contributed by atoms with van der Waals surface area (Å²) in [5, 5.41) is 0. The fourth-order valence-electron chi connectivity index (χ4n) is 0.576. The quantitative estimate of drug-likeness (QED) is 0.521. The van der Waals surface area contributed by atoms with Crippen LogP contribution in [0.4, 0.5) is 17.6 Å². The Morgan fingerprint density at radius 3 is 2.31 bits per heavy atom. The van der Waals surface area contributed by atoms with Gasteiger partial charge in [0.1, 0.15) is 0 Å². The molecule has 7 heteroatoms. The Morgan fingerprint density at radius 1 is 1.54 bits per heavy atom. The number of nitrogens with zero attached hydrogens (tertiary/aromatic N) is 1. The molecule has 78 valence electrons. The fraction of sp³-hybridized carbons (Fsp3) is 0.833. The van der Waals surface area contributed by atoms with E-state index in [1.807, 2.05) is 0 Å². The lowest BCUT2D eigenvalue weighted by atomic mass is 10.3.